The van der Waals surface area contributed by atoms with E-state index in [1.54, 1.807) is 0 Å². The van der Waals surface area contributed by atoms with E-state index in [9.17, 15) is 0 Å². The lowest BCUT2D eigenvalue weighted by Crippen LogP contribution is -2.39. The zero-order valence-corrected chi connectivity index (χ0v) is 4.24. The van der Waals surface area contributed by atoms with Crippen molar-refractivity contribution >= 4 is 6.47 Å². The summed E-state index contributed by atoms with van der Waals surface area (Å²) in [5.74, 6) is 0. The molecule has 0 rings (SSSR count). The fourth-order valence-corrected chi connectivity index (χ4v) is 0. The number of carbonyl (C=O) groups excluding carboxylic acids is 1. The Balaban J connectivity index is 0. The normalized spacial score (nSPS) is 7.25. The van der Waals surface area contributed by atoms with Gasteiger partial charge in [-0.2, -0.15) is 0 Å². The van der Waals surface area contributed by atoms with Crippen LogP contribution in [0.15, 0.2) is 12.4 Å². The lowest BCUT2D eigenvalue weighted by molar-refractivity contribution is -0.652. The Labute approximate surface area is 46.5 Å². The number of quaternary nitrogens is 1. The molecule has 5 nitrogen and oxygen atoms in total. The van der Waals surface area contributed by atoms with Crippen LogP contribution in [-0.2, 0) is 9.68 Å². The third-order valence-electron chi connectivity index (χ3n) is 0.175. The Kier molecular flexibility index (Phi) is 21.0. The van der Waals surface area contributed by atoms with Crippen molar-refractivity contribution in [1.29, 1.82) is 0 Å². The van der Waals surface area contributed by atoms with Gasteiger partial charge in [0.15, 0.2) is 0 Å². The van der Waals surface area contributed by atoms with Crippen LogP contribution in [0.25, 0.3) is 0 Å². The second-order valence-electron chi connectivity index (χ2n) is 0.621. The molecule has 8 heavy (non-hydrogen) atoms. The molecule has 0 aliphatic carbocycles. The average molecular weight is 120 g/mol. The lowest BCUT2D eigenvalue weighted by Gasteiger charge is -1.88. The van der Waals surface area contributed by atoms with Crippen molar-refractivity contribution in [3.05, 3.63) is 12.4 Å². The minimum absolute atomic E-state index is 0.181. The average Bonchev–Trinajstić information content (AvgIpc) is 1.88. The molecule has 0 heterocycles. The highest BCUT2D eigenvalue weighted by atomic mass is 17.1. The summed E-state index contributed by atoms with van der Waals surface area (Å²) in [5.41, 5.74) is 8.08. The van der Waals surface area contributed by atoms with Crippen molar-refractivity contribution in [3.63, 3.8) is 0 Å². The van der Waals surface area contributed by atoms with Gasteiger partial charge in [-0.25, -0.2) is 0 Å². The Morgan fingerprint density at radius 1 is 1.75 bits per heavy atom. The maximum absolute atomic E-state index is 8.64. The van der Waals surface area contributed by atoms with E-state index < -0.39 is 0 Å². The highest BCUT2D eigenvalue weighted by Crippen LogP contribution is 1.24. The molecule has 0 atom stereocenters. The van der Waals surface area contributed by atoms with Crippen LogP contribution in [0.2, 0.25) is 0 Å². The highest BCUT2D eigenvalue weighted by molar-refractivity contribution is 5.35. The first kappa shape index (κ1) is 10.0. The topological polar surface area (TPSA) is 103 Å². The molecule has 48 valence electrons. The Bertz CT molecular complexity index is 59.5. The third kappa shape index (κ3) is 88.0. The van der Waals surface area contributed by atoms with Gasteiger partial charge in [-0.05, 0) is 0 Å². The molecule has 0 aromatic rings. The molecule has 0 saturated carbocycles. The third-order valence-corrected chi connectivity index (χ3v) is 0.175. The van der Waals surface area contributed by atoms with E-state index in [0.29, 0.717) is 0 Å². The molecule has 0 aliphatic heterocycles. The van der Waals surface area contributed by atoms with Crippen molar-refractivity contribution in [2.24, 2.45) is 5.73 Å². The smallest absolute Gasteiger partial charge is 0.287 e. The predicted octanol–water partition coefficient (Wildman–Crippen LogP) is -2.91. The molecule has 5 N–H and O–H groups in total. The Hall–Kier alpha value is -1.07. The Morgan fingerprint density at radius 2 is 2.00 bits per heavy atom. The van der Waals surface area contributed by atoms with Crippen LogP contribution in [0.4, 0.5) is 0 Å². The van der Waals surface area contributed by atoms with Gasteiger partial charge in [-0.3, -0.25) is 4.79 Å². The largest absolute Gasteiger partial charge is 0.662 e. The fraction of sp³-hybridized carbons (Fsp3) is 0. The van der Waals surface area contributed by atoms with Gasteiger partial charge in [0.1, 0.15) is 6.20 Å². The molecule has 0 saturated heterocycles. The molecule has 0 fully saturated rings. The zero-order chi connectivity index (χ0) is 6.83. The number of rotatable bonds is 1. The van der Waals surface area contributed by atoms with Gasteiger partial charge < -0.3 is 21.6 Å². The fourth-order valence-electron chi connectivity index (χ4n) is 0. The van der Waals surface area contributed by atoms with Gasteiger partial charge >= 0.3 is 0 Å². The molecule has 0 radical (unpaired) electrons. The van der Waals surface area contributed by atoms with Crippen LogP contribution in [0, 0.1) is 0 Å². The van der Waals surface area contributed by atoms with E-state index in [2.05, 4.69) is 10.6 Å². The maximum Gasteiger partial charge on any atom is 0.287 e. The van der Waals surface area contributed by atoms with Gasteiger partial charge in [0.2, 0.25) is 0 Å². The second-order valence-corrected chi connectivity index (χ2v) is 0.621. The summed E-state index contributed by atoms with van der Waals surface area (Å²) in [6, 6.07) is 0. The molecule has 0 aromatic carbocycles. The molecule has 0 bridgehead atoms. The second kappa shape index (κ2) is 16.8. The van der Waals surface area contributed by atoms with Gasteiger partial charge in [-0.1, -0.05) is 0 Å². The van der Waals surface area contributed by atoms with Gasteiger partial charge in [-0.15, -0.1) is 0 Å². The summed E-state index contributed by atoms with van der Waals surface area (Å²) >= 11 is 0. The molecule has 0 spiro atoms. The molecule has 0 aromatic heterocycles. The first-order valence-electron chi connectivity index (χ1n) is 1.71. The van der Waals surface area contributed by atoms with Crippen molar-refractivity contribution in [2.45, 2.75) is 0 Å². The SMILES string of the molecule is NC=C[NH3+].O=CO[O-]. The van der Waals surface area contributed by atoms with Crippen molar-refractivity contribution in [2.75, 3.05) is 0 Å². The van der Waals surface area contributed by atoms with Crippen LogP contribution < -0.4 is 16.7 Å². The van der Waals surface area contributed by atoms with E-state index in [4.69, 9.17) is 15.8 Å². The molecule has 5 heteroatoms. The van der Waals surface area contributed by atoms with Crippen molar-refractivity contribution in [3.8, 4) is 0 Å². The molecular formula is C3H8N2O3. The summed E-state index contributed by atoms with van der Waals surface area (Å²) in [4.78, 5) is 11.2. The predicted molar refractivity (Wildman–Crippen MR) is 23.4 cm³/mol. The number of hydrogen-bond acceptors (Lipinski definition) is 4. The molecular weight excluding hydrogens is 112 g/mol. The molecule has 0 amide bonds. The summed E-state index contributed by atoms with van der Waals surface area (Å²) in [5, 5.41) is 8.43. The maximum atomic E-state index is 8.64. The number of carbonyl (C=O) groups is 1. The van der Waals surface area contributed by atoms with Gasteiger partial charge in [0.25, 0.3) is 6.47 Å². The minimum Gasteiger partial charge on any atom is -0.662 e. The summed E-state index contributed by atoms with van der Waals surface area (Å²) in [6.07, 6.45) is 2.92. The lowest BCUT2D eigenvalue weighted by atomic mass is 11.0. The van der Waals surface area contributed by atoms with Crippen molar-refractivity contribution < 1.29 is 20.7 Å². The first-order valence-corrected chi connectivity index (χ1v) is 1.71. The molecule has 0 aliphatic rings. The standard InChI is InChI=1S/C2H6N2.CH2O3/c3-1-2-4;2-1-4-3/h1-2H,3-4H2;1,3H. The first-order chi connectivity index (χ1) is 3.83. The summed E-state index contributed by atoms with van der Waals surface area (Å²) < 4.78 is 0. The minimum atomic E-state index is -0.181. The van der Waals surface area contributed by atoms with E-state index in [1.165, 1.54) is 12.4 Å². The van der Waals surface area contributed by atoms with Crippen molar-refractivity contribution in [1.82, 2.24) is 0 Å². The number of hydrogen-bond donors (Lipinski definition) is 2. The number of nitrogens with two attached hydrogens (primary N) is 1. The van der Waals surface area contributed by atoms with Crippen LogP contribution in [0.5, 0.6) is 0 Å². The monoisotopic (exact) mass is 120 g/mol. The Morgan fingerprint density at radius 3 is 2.00 bits per heavy atom. The highest BCUT2D eigenvalue weighted by Gasteiger charge is 1.37. The quantitative estimate of drug-likeness (QED) is 0.220. The summed E-state index contributed by atoms with van der Waals surface area (Å²) in [6.45, 7) is -0.181. The molecule has 0 unspecified atom stereocenters. The summed E-state index contributed by atoms with van der Waals surface area (Å²) in [7, 11) is 0. The van der Waals surface area contributed by atoms with E-state index in [1.807, 2.05) is 0 Å². The van der Waals surface area contributed by atoms with E-state index in [-0.39, 0.29) is 6.47 Å². The van der Waals surface area contributed by atoms with Gasteiger partial charge in [0.05, 0.1) is 0 Å². The van der Waals surface area contributed by atoms with Crippen LogP contribution in [0.3, 0.4) is 0 Å². The van der Waals surface area contributed by atoms with Crippen LogP contribution >= 0.6 is 0 Å². The van der Waals surface area contributed by atoms with Crippen LogP contribution in [-0.4, -0.2) is 6.47 Å². The zero-order valence-electron chi connectivity index (χ0n) is 4.24. The van der Waals surface area contributed by atoms with E-state index >= 15 is 0 Å². The van der Waals surface area contributed by atoms with Crippen LogP contribution in [0.1, 0.15) is 0 Å². The van der Waals surface area contributed by atoms with E-state index in [0.717, 1.165) is 0 Å². The van der Waals surface area contributed by atoms with Gasteiger partial charge in [0, 0.05) is 6.20 Å².